The van der Waals surface area contributed by atoms with Gasteiger partial charge >= 0.3 is 0 Å². The summed E-state index contributed by atoms with van der Waals surface area (Å²) in [4.78, 5) is 12.4. The Bertz CT molecular complexity index is 467. The number of aromatic nitrogens is 2. The topological polar surface area (TPSA) is 32.3 Å². The van der Waals surface area contributed by atoms with Gasteiger partial charge in [0, 0.05) is 30.9 Å². The van der Waals surface area contributed by atoms with Crippen LogP contribution < -0.4 is 4.90 Å². The van der Waals surface area contributed by atoms with Crippen molar-refractivity contribution in [1.29, 1.82) is 0 Å². The van der Waals surface area contributed by atoms with Crippen molar-refractivity contribution in [3.63, 3.8) is 0 Å². The number of fused-ring (bicyclic) bond motifs is 1. The van der Waals surface area contributed by atoms with E-state index in [0.717, 1.165) is 24.3 Å². The van der Waals surface area contributed by atoms with E-state index in [2.05, 4.69) is 28.7 Å². The predicted molar refractivity (Wildman–Crippen MR) is 63.6 cm³/mol. The van der Waals surface area contributed by atoms with Crippen LogP contribution in [0.15, 0.2) is 6.20 Å². The van der Waals surface area contributed by atoms with Gasteiger partial charge in [-0.2, -0.15) is 0 Å². The Morgan fingerprint density at radius 1 is 1.28 bits per heavy atom. The maximum atomic E-state index is 12.8. The van der Waals surface area contributed by atoms with Crippen molar-refractivity contribution in [2.75, 3.05) is 18.0 Å². The van der Waals surface area contributed by atoms with E-state index in [9.17, 15) is 8.78 Å². The molecule has 0 spiro atoms. The Hall–Kier alpha value is -1.30. The highest BCUT2D eigenvalue weighted by atomic mass is 19.3. The second-order valence-electron chi connectivity index (χ2n) is 5.35. The molecule has 18 heavy (non-hydrogen) atoms. The number of nitrogens with zero attached hydrogens (tertiary/aromatic N) is 4. The molecule has 0 aromatic carbocycles. The normalized spacial score (nSPS) is 22.2. The minimum atomic E-state index is -2.58. The molecule has 0 atom stereocenters. The van der Waals surface area contributed by atoms with Crippen LogP contribution in [0.25, 0.3) is 0 Å². The fourth-order valence-corrected chi connectivity index (χ4v) is 2.34. The van der Waals surface area contributed by atoms with E-state index < -0.39 is 5.92 Å². The molecule has 3 heterocycles. The van der Waals surface area contributed by atoms with Gasteiger partial charge in [-0.25, -0.2) is 18.7 Å². The Labute approximate surface area is 105 Å². The van der Waals surface area contributed by atoms with Gasteiger partial charge in [0.25, 0.3) is 5.92 Å². The number of alkyl halides is 2. The Morgan fingerprint density at radius 2 is 2.00 bits per heavy atom. The molecule has 1 fully saturated rings. The van der Waals surface area contributed by atoms with Gasteiger partial charge in [-0.3, -0.25) is 4.90 Å². The first-order valence-corrected chi connectivity index (χ1v) is 6.16. The molecule has 0 aliphatic carbocycles. The molecule has 2 aliphatic rings. The first-order chi connectivity index (χ1) is 8.44. The van der Waals surface area contributed by atoms with Crippen LogP contribution in [0, 0.1) is 0 Å². The van der Waals surface area contributed by atoms with Gasteiger partial charge in [-0.1, -0.05) is 0 Å². The fourth-order valence-electron chi connectivity index (χ4n) is 2.34. The van der Waals surface area contributed by atoms with E-state index in [4.69, 9.17) is 0 Å². The molecule has 0 radical (unpaired) electrons. The molecule has 3 rings (SSSR count). The Morgan fingerprint density at radius 3 is 2.61 bits per heavy atom. The molecule has 0 unspecified atom stereocenters. The summed E-state index contributed by atoms with van der Waals surface area (Å²) in [6.07, 6.45) is 1.77. The molecule has 6 heteroatoms. The van der Waals surface area contributed by atoms with Gasteiger partial charge in [-0.15, -0.1) is 0 Å². The van der Waals surface area contributed by atoms with Crippen LogP contribution in [0.3, 0.4) is 0 Å². The first-order valence-electron chi connectivity index (χ1n) is 6.16. The van der Waals surface area contributed by atoms with Gasteiger partial charge in [-0.05, 0) is 13.8 Å². The molecular formula is C12H16F2N4. The molecule has 0 saturated carbocycles. The van der Waals surface area contributed by atoms with Gasteiger partial charge in [0.15, 0.2) is 0 Å². The van der Waals surface area contributed by atoms with Gasteiger partial charge < -0.3 is 4.90 Å². The smallest absolute Gasteiger partial charge is 0.282 e. The third-order valence-electron chi connectivity index (χ3n) is 3.53. The molecule has 0 bridgehead atoms. The maximum Gasteiger partial charge on any atom is 0.282 e. The third-order valence-corrected chi connectivity index (χ3v) is 3.53. The van der Waals surface area contributed by atoms with Gasteiger partial charge in [0.1, 0.15) is 0 Å². The largest absolute Gasteiger partial charge is 0.329 e. The summed E-state index contributed by atoms with van der Waals surface area (Å²) in [5.74, 6) is -2.14. The first kappa shape index (κ1) is 11.8. The average Bonchev–Trinajstić information content (AvgIpc) is 2.68. The molecule has 0 N–H and O–H groups in total. The summed E-state index contributed by atoms with van der Waals surface area (Å²) in [5, 5.41) is 0. The van der Waals surface area contributed by atoms with E-state index in [1.54, 1.807) is 6.20 Å². The summed E-state index contributed by atoms with van der Waals surface area (Å²) in [5.41, 5.74) is 2.09. The molecule has 1 aromatic rings. The summed E-state index contributed by atoms with van der Waals surface area (Å²) in [7, 11) is 0. The highest BCUT2D eigenvalue weighted by Gasteiger charge is 2.45. The lowest BCUT2D eigenvalue weighted by molar-refractivity contribution is -0.0272. The van der Waals surface area contributed by atoms with E-state index in [0.29, 0.717) is 12.0 Å². The number of hydrogen-bond acceptors (Lipinski definition) is 4. The van der Waals surface area contributed by atoms with E-state index in [1.807, 2.05) is 0 Å². The fraction of sp³-hybridized carbons (Fsp3) is 0.667. The van der Waals surface area contributed by atoms with Crippen LogP contribution in [-0.2, 0) is 13.1 Å². The molecular weight excluding hydrogens is 238 g/mol. The lowest BCUT2D eigenvalue weighted by Crippen LogP contribution is -2.57. The average molecular weight is 254 g/mol. The van der Waals surface area contributed by atoms with E-state index in [-0.39, 0.29) is 13.1 Å². The summed E-state index contributed by atoms with van der Waals surface area (Å²) in [6, 6.07) is 0.455. The number of anilines is 1. The van der Waals surface area contributed by atoms with Crippen LogP contribution >= 0.6 is 0 Å². The third kappa shape index (κ3) is 1.94. The predicted octanol–water partition coefficient (Wildman–Crippen LogP) is 1.66. The molecule has 2 aliphatic heterocycles. The van der Waals surface area contributed by atoms with Crippen LogP contribution in [0.5, 0.6) is 0 Å². The van der Waals surface area contributed by atoms with E-state index in [1.165, 1.54) is 4.90 Å². The molecule has 4 nitrogen and oxygen atoms in total. The van der Waals surface area contributed by atoms with Crippen LogP contribution in [-0.4, -0.2) is 39.9 Å². The van der Waals surface area contributed by atoms with Crippen molar-refractivity contribution in [1.82, 2.24) is 14.9 Å². The van der Waals surface area contributed by atoms with Gasteiger partial charge in [0.05, 0.1) is 18.8 Å². The lowest BCUT2D eigenvalue weighted by Gasteiger charge is -2.38. The molecule has 1 saturated heterocycles. The quantitative estimate of drug-likeness (QED) is 0.803. The zero-order valence-corrected chi connectivity index (χ0v) is 10.5. The summed E-state index contributed by atoms with van der Waals surface area (Å²) < 4.78 is 25.6. The second kappa shape index (κ2) is 3.85. The molecule has 1 aromatic heterocycles. The van der Waals surface area contributed by atoms with Crippen LogP contribution in [0.1, 0.15) is 25.1 Å². The number of halogens is 2. The number of rotatable bonds is 2. The molecule has 98 valence electrons. The SMILES string of the molecule is CC(C)N1Cc2cnc(N3CC(F)(F)C3)nc2C1. The Kier molecular flexibility index (Phi) is 2.52. The van der Waals surface area contributed by atoms with Crippen molar-refractivity contribution < 1.29 is 8.78 Å². The summed E-state index contributed by atoms with van der Waals surface area (Å²) >= 11 is 0. The van der Waals surface area contributed by atoms with E-state index >= 15 is 0 Å². The van der Waals surface area contributed by atoms with Crippen molar-refractivity contribution in [3.05, 3.63) is 17.5 Å². The zero-order chi connectivity index (χ0) is 12.9. The highest BCUT2D eigenvalue weighted by molar-refractivity contribution is 5.39. The lowest BCUT2D eigenvalue weighted by atomic mass is 10.1. The molecule has 0 amide bonds. The van der Waals surface area contributed by atoms with Gasteiger partial charge in [0.2, 0.25) is 5.95 Å². The van der Waals surface area contributed by atoms with Crippen molar-refractivity contribution in [3.8, 4) is 0 Å². The standard InChI is InChI=1S/C12H16F2N4/c1-8(2)17-4-9-3-15-11(16-10(9)5-17)18-6-12(13,14)7-18/h3,8H,4-7H2,1-2H3. The second-order valence-corrected chi connectivity index (χ2v) is 5.35. The number of hydrogen-bond donors (Lipinski definition) is 0. The Balaban J connectivity index is 1.76. The highest BCUT2D eigenvalue weighted by Crippen LogP contribution is 2.31. The minimum Gasteiger partial charge on any atom is -0.329 e. The maximum absolute atomic E-state index is 12.8. The van der Waals surface area contributed by atoms with Crippen molar-refractivity contribution in [2.45, 2.75) is 38.9 Å². The van der Waals surface area contributed by atoms with Crippen molar-refractivity contribution >= 4 is 5.95 Å². The zero-order valence-electron chi connectivity index (χ0n) is 10.5. The van der Waals surface area contributed by atoms with Crippen LogP contribution in [0.4, 0.5) is 14.7 Å². The minimum absolute atomic E-state index is 0.264. The van der Waals surface area contributed by atoms with Crippen LogP contribution in [0.2, 0.25) is 0 Å². The van der Waals surface area contributed by atoms with Crippen molar-refractivity contribution in [2.24, 2.45) is 0 Å². The monoisotopic (exact) mass is 254 g/mol. The summed E-state index contributed by atoms with van der Waals surface area (Å²) in [6.45, 7) is 5.38.